The van der Waals surface area contributed by atoms with Crippen molar-refractivity contribution in [1.82, 2.24) is 10.2 Å². The molecule has 49 heavy (non-hydrogen) atoms. The lowest BCUT2D eigenvalue weighted by Gasteiger charge is -2.40. The summed E-state index contributed by atoms with van der Waals surface area (Å²) in [6.45, 7) is 9.22. The highest BCUT2D eigenvalue weighted by Crippen LogP contribution is 2.59. The number of ether oxygens (including phenoxy) is 2. The van der Waals surface area contributed by atoms with Crippen molar-refractivity contribution in [3.8, 4) is 0 Å². The molecule has 2 saturated heterocycles. The molecule has 4 aliphatic heterocycles. The zero-order valence-electron chi connectivity index (χ0n) is 28.5. The average Bonchev–Trinajstić information content (AvgIpc) is 3.65. The zero-order valence-corrected chi connectivity index (χ0v) is 30.1. The van der Waals surface area contributed by atoms with Crippen molar-refractivity contribution < 1.29 is 33.8 Å². The van der Waals surface area contributed by atoms with Crippen LogP contribution in [0.5, 0.6) is 0 Å². The fourth-order valence-electron chi connectivity index (χ4n) is 8.07. The fourth-order valence-corrected chi connectivity index (χ4v) is 8.81. The van der Waals surface area contributed by atoms with Crippen LogP contribution in [-0.2, 0) is 28.7 Å². The number of aliphatic hydroxyl groups is 1. The van der Waals surface area contributed by atoms with E-state index in [4.69, 9.17) is 9.47 Å². The number of hydrogen-bond donors (Lipinski definition) is 2. The van der Waals surface area contributed by atoms with Crippen LogP contribution in [0, 0.1) is 31.6 Å². The first kappa shape index (κ1) is 35.0. The number of cyclic esters (lactones) is 1. The molecule has 0 saturated carbocycles. The highest BCUT2D eigenvalue weighted by Gasteiger charge is 2.75. The Morgan fingerprint density at radius 1 is 0.980 bits per heavy atom. The minimum Gasteiger partial charge on any atom is -0.455 e. The molecule has 3 amide bonds. The van der Waals surface area contributed by atoms with Crippen LogP contribution in [0.4, 0.5) is 5.69 Å². The van der Waals surface area contributed by atoms with Crippen LogP contribution in [0.15, 0.2) is 71.2 Å². The second kappa shape index (κ2) is 13.8. The third-order valence-electron chi connectivity index (χ3n) is 10.4. The van der Waals surface area contributed by atoms with E-state index in [0.717, 1.165) is 11.1 Å². The van der Waals surface area contributed by atoms with E-state index in [2.05, 4.69) is 21.2 Å². The van der Waals surface area contributed by atoms with E-state index >= 15 is 4.79 Å². The molecule has 2 aromatic carbocycles. The maximum absolute atomic E-state index is 15.3. The number of para-hydroxylation sites is 1. The Balaban J connectivity index is 1.53. The maximum Gasteiger partial charge on any atom is 0.313 e. The number of halogens is 1. The van der Waals surface area contributed by atoms with Gasteiger partial charge in [-0.05, 0) is 55.9 Å². The van der Waals surface area contributed by atoms with Gasteiger partial charge in [0.1, 0.15) is 29.8 Å². The molecule has 4 aliphatic rings. The number of rotatable bonds is 5. The number of allylic oxidation sites excluding steroid dienone is 1. The van der Waals surface area contributed by atoms with E-state index in [0.29, 0.717) is 22.2 Å². The summed E-state index contributed by atoms with van der Waals surface area (Å²) < 4.78 is 13.5. The van der Waals surface area contributed by atoms with E-state index in [1.807, 2.05) is 88.4 Å². The molecule has 8 atom stereocenters. The molecule has 2 aromatic rings. The molecule has 0 aromatic heterocycles. The fraction of sp³-hybridized carbons (Fsp3) is 0.474. The predicted octanol–water partition coefficient (Wildman–Crippen LogP) is 4.67. The number of carbonyl (C=O) groups is 4. The summed E-state index contributed by atoms with van der Waals surface area (Å²) in [6, 6.07) is 12.5. The highest BCUT2D eigenvalue weighted by molar-refractivity contribution is 9.11. The van der Waals surface area contributed by atoms with Crippen molar-refractivity contribution in [2.24, 2.45) is 17.8 Å². The standard InChI is InChI=1S/C38H44BrN3O7/c1-21(2)27(20-43)42-34-36(46)41(31-22(3)13-12-14-23(31)4)18-11-7-10-17-28(44)40-24(5)32(25-15-8-6-9-16-25)48-37(47)29-30(35(42)45)38(34)19-26(39)33(29)49-38/h6-9,11-16,19,21,24,27,29-30,32-34,43H,10,17-18,20H2,1-5H3,(H,40,44)/b11-7-/t24-,27+,29+,30-,32+,33+,34+,38-/m1/s1. The summed E-state index contributed by atoms with van der Waals surface area (Å²) in [5.41, 5.74) is 1.63. The molecule has 0 radical (unpaired) electrons. The number of amides is 3. The molecule has 2 fully saturated rings. The van der Waals surface area contributed by atoms with Crippen molar-refractivity contribution in [2.45, 2.75) is 83.4 Å². The summed E-state index contributed by atoms with van der Waals surface area (Å²) in [6.07, 6.45) is 4.41. The lowest BCUT2D eigenvalue weighted by Crippen LogP contribution is -2.59. The van der Waals surface area contributed by atoms with E-state index in [1.54, 1.807) is 17.9 Å². The van der Waals surface area contributed by atoms with Gasteiger partial charge in [0.25, 0.3) is 5.91 Å². The molecule has 5 bridgehead atoms. The van der Waals surface area contributed by atoms with Gasteiger partial charge in [0.15, 0.2) is 0 Å². The van der Waals surface area contributed by atoms with Crippen LogP contribution in [0.1, 0.15) is 56.4 Å². The molecular formula is C38H44BrN3O7. The first-order valence-corrected chi connectivity index (χ1v) is 17.8. The molecule has 6 rings (SSSR count). The number of likely N-dealkylation sites (tertiary alicyclic amines) is 1. The molecule has 0 aliphatic carbocycles. The number of nitrogens with zero attached hydrogens (tertiary/aromatic N) is 2. The Morgan fingerprint density at radius 3 is 2.33 bits per heavy atom. The topological polar surface area (TPSA) is 125 Å². The van der Waals surface area contributed by atoms with Gasteiger partial charge in [0.2, 0.25) is 11.8 Å². The highest BCUT2D eigenvalue weighted by atomic mass is 79.9. The number of aliphatic hydroxyl groups excluding tert-OH is 1. The van der Waals surface area contributed by atoms with Crippen molar-refractivity contribution in [3.63, 3.8) is 0 Å². The van der Waals surface area contributed by atoms with E-state index in [1.165, 1.54) is 4.90 Å². The molecule has 1 spiro atoms. The van der Waals surface area contributed by atoms with Gasteiger partial charge in [-0.15, -0.1) is 0 Å². The first-order valence-electron chi connectivity index (χ1n) is 17.0. The Morgan fingerprint density at radius 2 is 1.67 bits per heavy atom. The lowest BCUT2D eigenvalue weighted by molar-refractivity contribution is -0.162. The van der Waals surface area contributed by atoms with Crippen LogP contribution in [0.3, 0.4) is 0 Å². The van der Waals surface area contributed by atoms with Crippen LogP contribution in [-0.4, -0.2) is 76.7 Å². The lowest BCUT2D eigenvalue weighted by atomic mass is 9.74. The molecular weight excluding hydrogens is 690 g/mol. The maximum atomic E-state index is 15.3. The van der Waals surface area contributed by atoms with Crippen molar-refractivity contribution in [2.75, 3.05) is 18.1 Å². The van der Waals surface area contributed by atoms with Crippen molar-refractivity contribution in [1.29, 1.82) is 0 Å². The summed E-state index contributed by atoms with van der Waals surface area (Å²) in [7, 11) is 0. The minimum atomic E-state index is -1.50. The van der Waals surface area contributed by atoms with Gasteiger partial charge >= 0.3 is 5.97 Å². The Hall–Kier alpha value is -3.80. The van der Waals surface area contributed by atoms with Gasteiger partial charge in [-0.2, -0.15) is 0 Å². The number of anilines is 1. The molecule has 260 valence electrons. The normalized spacial score (nSPS) is 31.8. The van der Waals surface area contributed by atoms with Crippen LogP contribution in [0.2, 0.25) is 0 Å². The summed E-state index contributed by atoms with van der Waals surface area (Å²) in [5.74, 6) is -4.09. The van der Waals surface area contributed by atoms with E-state index in [-0.39, 0.29) is 37.3 Å². The van der Waals surface area contributed by atoms with Gasteiger partial charge in [-0.25, -0.2) is 0 Å². The number of benzene rings is 2. The predicted molar refractivity (Wildman–Crippen MR) is 187 cm³/mol. The zero-order chi connectivity index (χ0) is 35.2. The van der Waals surface area contributed by atoms with Gasteiger partial charge < -0.3 is 29.7 Å². The average molecular weight is 735 g/mol. The third kappa shape index (κ3) is 6.04. The van der Waals surface area contributed by atoms with Crippen LogP contribution < -0.4 is 10.2 Å². The second-order valence-electron chi connectivity index (χ2n) is 13.9. The molecule has 2 N–H and O–H groups in total. The second-order valence-corrected chi connectivity index (χ2v) is 14.8. The van der Waals surface area contributed by atoms with Crippen molar-refractivity contribution >= 4 is 45.3 Å². The van der Waals surface area contributed by atoms with Gasteiger partial charge in [0, 0.05) is 23.1 Å². The smallest absolute Gasteiger partial charge is 0.313 e. The first-order chi connectivity index (χ1) is 23.4. The molecule has 4 heterocycles. The van der Waals surface area contributed by atoms with Gasteiger partial charge in [0.05, 0.1) is 24.6 Å². The SMILES string of the molecule is Cc1cccc(C)c1N1C/C=C\CCC(=O)N[C@H](C)[C@@H](c2ccccc2)OC(=O)[C@@H]2[C@H]3O[C@@]4(C=C3Br)[C@H](C1=O)N([C@@H](CO)C(C)C)C(=O)[C@@H]24. The van der Waals surface area contributed by atoms with E-state index < -0.39 is 59.6 Å². The number of nitrogens with one attached hydrogen (secondary N) is 1. The number of fused-ring (bicyclic) bond motifs is 2. The number of esters is 1. The van der Waals surface area contributed by atoms with Crippen LogP contribution in [0.25, 0.3) is 0 Å². The summed E-state index contributed by atoms with van der Waals surface area (Å²) in [4.78, 5) is 60.7. The number of carbonyl (C=O) groups excluding carboxylic acids is 4. The minimum absolute atomic E-state index is 0.170. The van der Waals surface area contributed by atoms with Crippen LogP contribution >= 0.6 is 15.9 Å². The summed E-state index contributed by atoms with van der Waals surface area (Å²) >= 11 is 3.62. The van der Waals surface area contributed by atoms with E-state index in [9.17, 15) is 19.5 Å². The monoisotopic (exact) mass is 733 g/mol. The number of hydrogen-bond acceptors (Lipinski definition) is 7. The Bertz CT molecular complexity index is 1670. The van der Waals surface area contributed by atoms with Gasteiger partial charge in [-0.1, -0.05) is 90.5 Å². The molecule has 11 heteroatoms. The summed E-state index contributed by atoms with van der Waals surface area (Å²) in [5, 5.41) is 13.7. The molecule has 0 unspecified atom stereocenters. The van der Waals surface area contributed by atoms with Crippen molar-refractivity contribution in [3.05, 3.63) is 87.9 Å². The van der Waals surface area contributed by atoms with Gasteiger partial charge in [-0.3, -0.25) is 19.2 Å². The largest absolute Gasteiger partial charge is 0.455 e. The Labute approximate surface area is 295 Å². The third-order valence-corrected chi connectivity index (χ3v) is 11.0. The molecule has 10 nitrogen and oxygen atoms in total. The number of aryl methyl sites for hydroxylation is 2. The Kier molecular flexibility index (Phi) is 9.90. The quantitative estimate of drug-likeness (QED) is 0.338.